The van der Waals surface area contributed by atoms with E-state index in [0.29, 0.717) is 6.61 Å². The number of hydrazine groups is 1. The van der Waals surface area contributed by atoms with E-state index in [0.717, 1.165) is 17.9 Å². The number of benzene rings is 1. The maximum absolute atomic E-state index is 5.46. The van der Waals surface area contributed by atoms with Crippen molar-refractivity contribution >= 4 is 5.69 Å². The Morgan fingerprint density at radius 1 is 1.38 bits per heavy atom. The second-order valence-corrected chi connectivity index (χ2v) is 2.75. The van der Waals surface area contributed by atoms with Gasteiger partial charge >= 0.3 is 0 Å². The van der Waals surface area contributed by atoms with Crippen molar-refractivity contribution in [2.45, 2.75) is 20.3 Å². The van der Waals surface area contributed by atoms with Crippen LogP contribution in [0.1, 0.15) is 19.4 Å². The molecular weight excluding hydrogens is 164 g/mol. The van der Waals surface area contributed by atoms with Gasteiger partial charge in [0, 0.05) is 5.69 Å². The number of anilines is 1. The lowest BCUT2D eigenvalue weighted by Gasteiger charge is -2.10. The molecule has 0 radical (unpaired) electrons. The molecule has 3 N–H and O–H groups in total. The molecule has 1 aromatic rings. The lowest BCUT2D eigenvalue weighted by atomic mass is 10.1. The van der Waals surface area contributed by atoms with Gasteiger partial charge in [-0.15, -0.1) is 0 Å². The molecule has 0 bridgehead atoms. The van der Waals surface area contributed by atoms with Crippen LogP contribution >= 0.6 is 0 Å². The number of nitrogens with two attached hydrogens (primary N) is 1. The van der Waals surface area contributed by atoms with Gasteiger partial charge < -0.3 is 10.2 Å². The second kappa shape index (κ2) is 4.72. The highest BCUT2D eigenvalue weighted by Crippen LogP contribution is 2.22. The van der Waals surface area contributed by atoms with Gasteiger partial charge in [0.1, 0.15) is 5.75 Å². The smallest absolute Gasteiger partial charge is 0.122 e. The quantitative estimate of drug-likeness (QED) is 0.550. The van der Waals surface area contributed by atoms with E-state index < -0.39 is 0 Å². The second-order valence-electron chi connectivity index (χ2n) is 2.75. The third-order valence-corrected chi connectivity index (χ3v) is 1.91. The van der Waals surface area contributed by atoms with Crippen LogP contribution in [-0.4, -0.2) is 6.61 Å². The molecule has 0 unspecified atom stereocenters. The van der Waals surface area contributed by atoms with Crippen molar-refractivity contribution in [3.8, 4) is 5.75 Å². The maximum atomic E-state index is 5.46. The van der Waals surface area contributed by atoms with E-state index in [1.54, 1.807) is 0 Å². The van der Waals surface area contributed by atoms with Crippen LogP contribution in [0, 0.1) is 0 Å². The summed E-state index contributed by atoms with van der Waals surface area (Å²) in [4.78, 5) is 0. The largest absolute Gasteiger partial charge is 0.494 e. The van der Waals surface area contributed by atoms with Crippen molar-refractivity contribution < 1.29 is 4.74 Å². The molecule has 0 saturated carbocycles. The number of aryl methyl sites for hydroxylation is 1. The van der Waals surface area contributed by atoms with Crippen molar-refractivity contribution in [2.24, 2.45) is 5.84 Å². The minimum Gasteiger partial charge on any atom is -0.494 e. The van der Waals surface area contributed by atoms with Gasteiger partial charge in [0.15, 0.2) is 0 Å². The van der Waals surface area contributed by atoms with Gasteiger partial charge in [0.05, 0.1) is 6.61 Å². The fourth-order valence-electron chi connectivity index (χ4n) is 1.24. The summed E-state index contributed by atoms with van der Waals surface area (Å²) in [5.41, 5.74) is 4.71. The highest BCUT2D eigenvalue weighted by atomic mass is 16.5. The fraction of sp³-hybridized carbons (Fsp3) is 0.400. The summed E-state index contributed by atoms with van der Waals surface area (Å²) in [6.07, 6.45) is 0.949. The first-order valence-electron chi connectivity index (χ1n) is 4.54. The molecule has 0 amide bonds. The van der Waals surface area contributed by atoms with Crippen LogP contribution in [0.5, 0.6) is 5.75 Å². The van der Waals surface area contributed by atoms with Crippen LogP contribution in [0.25, 0.3) is 0 Å². The molecule has 0 heterocycles. The van der Waals surface area contributed by atoms with Gasteiger partial charge in [-0.25, -0.2) is 0 Å². The predicted molar refractivity (Wildman–Crippen MR) is 54.8 cm³/mol. The molecule has 13 heavy (non-hydrogen) atoms. The van der Waals surface area contributed by atoms with Gasteiger partial charge in [-0.3, -0.25) is 5.84 Å². The molecule has 0 aliphatic carbocycles. The standard InChI is InChI=1S/C10H16N2O/c1-3-8-7-9(12-11)5-6-10(8)13-4-2/h5-7,12H,3-4,11H2,1-2H3. The molecule has 1 rings (SSSR count). The molecule has 3 heteroatoms. The summed E-state index contributed by atoms with van der Waals surface area (Å²) in [5.74, 6) is 6.25. The van der Waals surface area contributed by atoms with Crippen molar-refractivity contribution in [3.63, 3.8) is 0 Å². The molecule has 3 nitrogen and oxygen atoms in total. The van der Waals surface area contributed by atoms with Crippen LogP contribution in [0.3, 0.4) is 0 Å². The Morgan fingerprint density at radius 3 is 2.69 bits per heavy atom. The summed E-state index contributed by atoms with van der Waals surface area (Å²) in [6, 6.07) is 5.85. The minimum absolute atomic E-state index is 0.697. The fourth-order valence-corrected chi connectivity index (χ4v) is 1.24. The topological polar surface area (TPSA) is 47.3 Å². The predicted octanol–water partition coefficient (Wildman–Crippen LogP) is 1.93. The lowest BCUT2D eigenvalue weighted by molar-refractivity contribution is 0.337. The SMILES string of the molecule is CCOc1ccc(NN)cc1CC. The highest BCUT2D eigenvalue weighted by Gasteiger charge is 2.01. The zero-order valence-electron chi connectivity index (χ0n) is 8.13. The molecule has 0 aromatic heterocycles. The van der Waals surface area contributed by atoms with Crippen molar-refractivity contribution in [3.05, 3.63) is 23.8 Å². The van der Waals surface area contributed by atoms with E-state index in [1.807, 2.05) is 25.1 Å². The van der Waals surface area contributed by atoms with Gasteiger partial charge in [-0.05, 0) is 37.1 Å². The van der Waals surface area contributed by atoms with E-state index in [2.05, 4.69) is 12.3 Å². The average molecular weight is 180 g/mol. The first-order valence-corrected chi connectivity index (χ1v) is 4.54. The van der Waals surface area contributed by atoms with Crippen LogP contribution in [0.4, 0.5) is 5.69 Å². The molecule has 0 spiro atoms. The molecule has 0 fully saturated rings. The van der Waals surface area contributed by atoms with E-state index in [-0.39, 0.29) is 0 Å². The van der Waals surface area contributed by atoms with Crippen molar-refractivity contribution in [2.75, 3.05) is 12.0 Å². The lowest BCUT2D eigenvalue weighted by Crippen LogP contribution is -2.07. The molecule has 0 saturated heterocycles. The van der Waals surface area contributed by atoms with E-state index >= 15 is 0 Å². The molecule has 0 aliphatic heterocycles. The third-order valence-electron chi connectivity index (χ3n) is 1.91. The van der Waals surface area contributed by atoms with Crippen LogP contribution in [0.15, 0.2) is 18.2 Å². The number of hydrogen-bond donors (Lipinski definition) is 2. The molecule has 72 valence electrons. The third kappa shape index (κ3) is 2.36. The van der Waals surface area contributed by atoms with E-state index in [1.165, 1.54) is 5.56 Å². The molecule has 0 atom stereocenters. The zero-order chi connectivity index (χ0) is 9.68. The van der Waals surface area contributed by atoms with E-state index in [9.17, 15) is 0 Å². The number of hydrogen-bond acceptors (Lipinski definition) is 3. The Bertz CT molecular complexity index is 274. The summed E-state index contributed by atoms with van der Waals surface area (Å²) < 4.78 is 5.46. The average Bonchev–Trinajstić information content (AvgIpc) is 2.19. The monoisotopic (exact) mass is 180 g/mol. The van der Waals surface area contributed by atoms with Crippen molar-refractivity contribution in [1.82, 2.24) is 0 Å². The molecule has 1 aromatic carbocycles. The Labute approximate surface area is 78.9 Å². The molecular formula is C10H16N2O. The normalized spacial score (nSPS) is 9.77. The van der Waals surface area contributed by atoms with Gasteiger partial charge in [0.25, 0.3) is 0 Å². The Kier molecular flexibility index (Phi) is 3.58. The van der Waals surface area contributed by atoms with Crippen LogP contribution in [0.2, 0.25) is 0 Å². The highest BCUT2D eigenvalue weighted by molar-refractivity contribution is 5.50. The number of ether oxygens (including phenoxy) is 1. The van der Waals surface area contributed by atoms with Crippen LogP contribution < -0.4 is 16.0 Å². The summed E-state index contributed by atoms with van der Waals surface area (Å²) in [5, 5.41) is 0. The first kappa shape index (κ1) is 9.86. The van der Waals surface area contributed by atoms with Gasteiger partial charge in [-0.1, -0.05) is 6.92 Å². The maximum Gasteiger partial charge on any atom is 0.122 e. The Hall–Kier alpha value is -1.22. The van der Waals surface area contributed by atoms with Gasteiger partial charge in [-0.2, -0.15) is 0 Å². The zero-order valence-corrected chi connectivity index (χ0v) is 8.13. The molecule has 0 aliphatic rings. The Balaban J connectivity index is 2.93. The number of nitrogen functional groups attached to an aromatic ring is 1. The number of nitrogens with one attached hydrogen (secondary N) is 1. The summed E-state index contributed by atoms with van der Waals surface area (Å²) in [7, 11) is 0. The Morgan fingerprint density at radius 2 is 2.15 bits per heavy atom. The first-order chi connectivity index (χ1) is 6.31. The summed E-state index contributed by atoms with van der Waals surface area (Å²) in [6.45, 7) is 4.77. The number of rotatable bonds is 4. The van der Waals surface area contributed by atoms with Crippen LogP contribution in [-0.2, 0) is 6.42 Å². The van der Waals surface area contributed by atoms with Gasteiger partial charge in [0.2, 0.25) is 0 Å². The summed E-state index contributed by atoms with van der Waals surface area (Å²) >= 11 is 0. The van der Waals surface area contributed by atoms with E-state index in [4.69, 9.17) is 10.6 Å². The van der Waals surface area contributed by atoms with Crippen molar-refractivity contribution in [1.29, 1.82) is 0 Å². The minimum atomic E-state index is 0.697.